The third-order valence-corrected chi connectivity index (χ3v) is 5.65. The second kappa shape index (κ2) is 6.71. The Hall–Kier alpha value is -2.85. The van der Waals surface area contributed by atoms with Gasteiger partial charge in [0.05, 0.1) is 17.5 Å². The molecule has 3 aromatic rings. The number of nitrogens with zero attached hydrogens (tertiary/aromatic N) is 3. The van der Waals surface area contributed by atoms with Crippen LogP contribution in [0.25, 0.3) is 22.0 Å². The lowest BCUT2D eigenvalue weighted by Gasteiger charge is -2.14. The van der Waals surface area contributed by atoms with Gasteiger partial charge in [-0.2, -0.15) is 5.26 Å². The van der Waals surface area contributed by atoms with E-state index < -0.39 is 10.0 Å². The Labute approximate surface area is 158 Å². The second-order valence-electron chi connectivity index (χ2n) is 7.04. The number of fused-ring (bicyclic) bond motifs is 1. The Balaban J connectivity index is 1.87. The molecule has 2 heterocycles. The number of pyridine rings is 1. The van der Waals surface area contributed by atoms with Crippen LogP contribution in [0, 0.1) is 11.3 Å². The minimum Gasteiger partial charge on any atom is -0.344 e. The first-order valence-corrected chi connectivity index (χ1v) is 10.8. The standard InChI is InChI=1S/C20H20N4O2S/c1-27(25,26)23-15-8-9-18-19(14-6-7-16(11-21)22-12-14)13-24(20(18)10-15)17-4-2-3-5-17/h6-10,12-13,17,23H,2-5H2,1H3. The molecule has 1 aromatic carbocycles. The third kappa shape index (κ3) is 3.53. The summed E-state index contributed by atoms with van der Waals surface area (Å²) in [6.07, 6.45) is 9.67. The lowest BCUT2D eigenvalue weighted by atomic mass is 10.1. The summed E-state index contributed by atoms with van der Waals surface area (Å²) in [4.78, 5) is 4.19. The van der Waals surface area contributed by atoms with Crippen LogP contribution in [-0.2, 0) is 10.0 Å². The van der Waals surface area contributed by atoms with E-state index in [0.29, 0.717) is 17.4 Å². The molecule has 0 saturated heterocycles. The average molecular weight is 380 g/mol. The van der Waals surface area contributed by atoms with Crippen molar-refractivity contribution in [3.05, 3.63) is 48.4 Å². The number of nitriles is 1. The highest BCUT2D eigenvalue weighted by atomic mass is 32.2. The number of sulfonamides is 1. The fourth-order valence-electron chi connectivity index (χ4n) is 3.86. The summed E-state index contributed by atoms with van der Waals surface area (Å²) in [5.41, 5.74) is 3.94. The van der Waals surface area contributed by atoms with Crippen LogP contribution in [0.3, 0.4) is 0 Å². The van der Waals surface area contributed by atoms with Gasteiger partial charge in [-0.15, -0.1) is 0 Å². The molecule has 2 aromatic heterocycles. The maximum atomic E-state index is 11.6. The van der Waals surface area contributed by atoms with Gasteiger partial charge in [-0.1, -0.05) is 18.9 Å². The summed E-state index contributed by atoms with van der Waals surface area (Å²) < 4.78 is 28.1. The Bertz CT molecular complexity index is 1140. The predicted octanol–water partition coefficient (Wildman–Crippen LogP) is 4.06. The van der Waals surface area contributed by atoms with Crippen molar-refractivity contribution in [3.63, 3.8) is 0 Å². The molecule has 1 saturated carbocycles. The summed E-state index contributed by atoms with van der Waals surface area (Å²) in [5.74, 6) is 0. The zero-order valence-corrected chi connectivity index (χ0v) is 15.8. The number of hydrogen-bond acceptors (Lipinski definition) is 4. The Morgan fingerprint density at radius 3 is 2.63 bits per heavy atom. The molecular weight excluding hydrogens is 360 g/mol. The summed E-state index contributed by atoms with van der Waals surface area (Å²) in [6.45, 7) is 0. The van der Waals surface area contributed by atoms with Crippen LogP contribution >= 0.6 is 0 Å². The monoisotopic (exact) mass is 380 g/mol. The van der Waals surface area contributed by atoms with E-state index in [9.17, 15) is 8.42 Å². The van der Waals surface area contributed by atoms with Crippen LogP contribution in [-0.4, -0.2) is 24.2 Å². The van der Waals surface area contributed by atoms with Crippen LogP contribution in [0.4, 0.5) is 5.69 Å². The highest BCUT2D eigenvalue weighted by Crippen LogP contribution is 2.38. The van der Waals surface area contributed by atoms with E-state index in [-0.39, 0.29) is 0 Å². The topological polar surface area (TPSA) is 87.8 Å². The molecule has 1 aliphatic rings. The quantitative estimate of drug-likeness (QED) is 0.739. The first-order valence-electron chi connectivity index (χ1n) is 8.93. The number of nitrogens with one attached hydrogen (secondary N) is 1. The van der Waals surface area contributed by atoms with E-state index in [2.05, 4.69) is 20.5 Å². The van der Waals surface area contributed by atoms with Crippen molar-refractivity contribution in [2.24, 2.45) is 0 Å². The first-order chi connectivity index (χ1) is 12.9. The molecule has 0 spiro atoms. The highest BCUT2D eigenvalue weighted by molar-refractivity contribution is 7.92. The van der Waals surface area contributed by atoms with Gasteiger partial charge in [0.15, 0.2) is 0 Å². The molecule has 0 radical (unpaired) electrons. The van der Waals surface area contributed by atoms with Gasteiger partial charge in [-0.3, -0.25) is 4.72 Å². The van der Waals surface area contributed by atoms with E-state index in [1.165, 1.54) is 12.8 Å². The van der Waals surface area contributed by atoms with Crippen molar-refractivity contribution < 1.29 is 8.42 Å². The van der Waals surface area contributed by atoms with Gasteiger partial charge in [0, 0.05) is 34.9 Å². The summed E-state index contributed by atoms with van der Waals surface area (Å²) >= 11 is 0. The Kier molecular flexibility index (Phi) is 4.36. The molecule has 1 aliphatic carbocycles. The maximum Gasteiger partial charge on any atom is 0.229 e. The molecule has 0 bridgehead atoms. The van der Waals surface area contributed by atoms with Gasteiger partial charge in [-0.05, 0) is 37.1 Å². The molecule has 6 nitrogen and oxygen atoms in total. The van der Waals surface area contributed by atoms with E-state index in [1.807, 2.05) is 24.3 Å². The fourth-order valence-corrected chi connectivity index (χ4v) is 4.42. The average Bonchev–Trinajstić information content (AvgIpc) is 3.27. The van der Waals surface area contributed by atoms with Crippen LogP contribution in [0.15, 0.2) is 42.7 Å². The van der Waals surface area contributed by atoms with Crippen molar-refractivity contribution in [1.82, 2.24) is 9.55 Å². The highest BCUT2D eigenvalue weighted by Gasteiger charge is 2.21. The number of anilines is 1. The van der Waals surface area contributed by atoms with E-state index in [0.717, 1.165) is 41.1 Å². The summed E-state index contributed by atoms with van der Waals surface area (Å²) in [5, 5.41) is 10.0. The minimum atomic E-state index is -3.33. The van der Waals surface area contributed by atoms with Crippen molar-refractivity contribution >= 4 is 26.6 Å². The van der Waals surface area contributed by atoms with Crippen LogP contribution < -0.4 is 4.72 Å². The first kappa shape index (κ1) is 17.6. The smallest absolute Gasteiger partial charge is 0.229 e. The maximum absolute atomic E-state index is 11.6. The minimum absolute atomic E-state index is 0.387. The molecule has 1 N–H and O–H groups in total. The molecule has 7 heteroatoms. The number of aromatic nitrogens is 2. The molecule has 0 amide bonds. The van der Waals surface area contributed by atoms with Crippen LogP contribution in [0.5, 0.6) is 0 Å². The number of benzene rings is 1. The van der Waals surface area contributed by atoms with Gasteiger partial charge in [0.1, 0.15) is 11.8 Å². The van der Waals surface area contributed by atoms with Gasteiger partial charge in [0.2, 0.25) is 10.0 Å². The van der Waals surface area contributed by atoms with E-state index >= 15 is 0 Å². The SMILES string of the molecule is CS(=O)(=O)Nc1ccc2c(-c3ccc(C#N)nc3)cn(C3CCCC3)c2c1. The second-order valence-corrected chi connectivity index (χ2v) is 8.79. The van der Waals surface area contributed by atoms with Crippen molar-refractivity contribution in [2.45, 2.75) is 31.7 Å². The molecule has 0 unspecified atom stereocenters. The van der Waals surface area contributed by atoms with Gasteiger partial charge >= 0.3 is 0 Å². The summed E-state index contributed by atoms with van der Waals surface area (Å²) in [7, 11) is -3.33. The van der Waals surface area contributed by atoms with Crippen LogP contribution in [0.1, 0.15) is 37.4 Å². The normalized spacial score (nSPS) is 15.1. The lowest BCUT2D eigenvalue weighted by molar-refractivity contribution is 0.536. The van der Waals surface area contributed by atoms with Crippen LogP contribution in [0.2, 0.25) is 0 Å². The van der Waals surface area contributed by atoms with Gasteiger partial charge in [-0.25, -0.2) is 13.4 Å². The zero-order valence-electron chi connectivity index (χ0n) is 15.0. The number of rotatable bonds is 4. The molecule has 1 fully saturated rings. The van der Waals surface area contributed by atoms with E-state index in [1.54, 1.807) is 18.3 Å². The van der Waals surface area contributed by atoms with Crippen molar-refractivity contribution in [2.75, 3.05) is 11.0 Å². The molecular formula is C20H20N4O2S. The largest absolute Gasteiger partial charge is 0.344 e. The molecule has 0 atom stereocenters. The Morgan fingerprint density at radius 1 is 1.22 bits per heavy atom. The van der Waals surface area contributed by atoms with E-state index in [4.69, 9.17) is 5.26 Å². The molecule has 0 aliphatic heterocycles. The molecule has 27 heavy (non-hydrogen) atoms. The predicted molar refractivity (Wildman–Crippen MR) is 106 cm³/mol. The van der Waals surface area contributed by atoms with Gasteiger partial charge < -0.3 is 4.57 Å². The third-order valence-electron chi connectivity index (χ3n) is 5.04. The molecule has 4 rings (SSSR count). The number of hydrogen-bond donors (Lipinski definition) is 1. The van der Waals surface area contributed by atoms with Crippen molar-refractivity contribution in [1.29, 1.82) is 5.26 Å². The fraction of sp³-hybridized carbons (Fsp3) is 0.300. The lowest BCUT2D eigenvalue weighted by Crippen LogP contribution is -2.09. The van der Waals surface area contributed by atoms with Gasteiger partial charge in [0.25, 0.3) is 0 Å². The van der Waals surface area contributed by atoms with Crippen molar-refractivity contribution in [3.8, 4) is 17.2 Å². The summed E-state index contributed by atoms with van der Waals surface area (Å²) in [6, 6.07) is 11.7. The zero-order chi connectivity index (χ0) is 19.0. The molecule has 138 valence electrons. The Morgan fingerprint density at radius 2 is 2.00 bits per heavy atom.